The van der Waals surface area contributed by atoms with E-state index in [-0.39, 0.29) is 18.0 Å². The highest BCUT2D eigenvalue weighted by molar-refractivity contribution is 9.10. The smallest absolute Gasteiger partial charge is 0.244 e. The molecule has 0 fully saturated rings. The van der Waals surface area contributed by atoms with Crippen molar-refractivity contribution in [2.75, 3.05) is 11.9 Å². The second kappa shape index (κ2) is 11.2. The van der Waals surface area contributed by atoms with E-state index in [0.717, 1.165) is 33.1 Å². The lowest BCUT2D eigenvalue weighted by Gasteiger charge is -2.25. The van der Waals surface area contributed by atoms with Gasteiger partial charge in [0.1, 0.15) is 0 Å². The first-order chi connectivity index (χ1) is 16.4. The lowest BCUT2D eigenvalue weighted by molar-refractivity contribution is -0.116. The quantitative estimate of drug-likeness (QED) is 0.323. The number of rotatable bonds is 8. The molecule has 0 atom stereocenters. The number of amides is 1. The normalized spacial score (nSPS) is 11.7. The summed E-state index contributed by atoms with van der Waals surface area (Å²) in [5.74, 6) is -0.398. The number of hydrogen-bond donors (Lipinski definition) is 1. The minimum atomic E-state index is -3.98. The van der Waals surface area contributed by atoms with Crippen molar-refractivity contribution in [1.29, 1.82) is 0 Å². The van der Waals surface area contributed by atoms with Crippen molar-refractivity contribution < 1.29 is 13.2 Å². The Morgan fingerprint density at radius 1 is 0.971 bits per heavy atom. The van der Waals surface area contributed by atoms with Crippen LogP contribution in [0.2, 0.25) is 5.02 Å². The molecule has 0 heterocycles. The first kappa shape index (κ1) is 27.4. The molecule has 0 aliphatic heterocycles. The van der Waals surface area contributed by atoms with Crippen LogP contribution >= 0.6 is 27.5 Å². The fraction of sp³-hybridized carbons (Fsp3) is 0.296. The molecule has 0 radical (unpaired) electrons. The van der Waals surface area contributed by atoms with Gasteiger partial charge in [-0.05, 0) is 86.2 Å². The van der Waals surface area contributed by atoms with Gasteiger partial charge in [0.2, 0.25) is 15.9 Å². The summed E-state index contributed by atoms with van der Waals surface area (Å²) in [6.07, 6.45) is 0.727. The van der Waals surface area contributed by atoms with Crippen molar-refractivity contribution in [3.63, 3.8) is 0 Å². The van der Waals surface area contributed by atoms with E-state index in [1.807, 2.05) is 45.0 Å². The number of anilines is 1. The molecule has 3 aromatic rings. The van der Waals surface area contributed by atoms with Crippen molar-refractivity contribution in [2.24, 2.45) is 0 Å². The number of sulfonamides is 1. The summed E-state index contributed by atoms with van der Waals surface area (Å²) in [6.45, 7) is 9.15. The summed E-state index contributed by atoms with van der Waals surface area (Å²) in [6, 6.07) is 14.5. The molecule has 1 N–H and O–H groups in total. The third kappa shape index (κ3) is 6.53. The van der Waals surface area contributed by atoms with Gasteiger partial charge in [-0.15, -0.1) is 0 Å². The maximum absolute atomic E-state index is 13.9. The zero-order chi connectivity index (χ0) is 25.9. The topological polar surface area (TPSA) is 66.5 Å². The van der Waals surface area contributed by atoms with Crippen LogP contribution in [0.15, 0.2) is 57.9 Å². The number of benzene rings is 3. The van der Waals surface area contributed by atoms with E-state index in [0.29, 0.717) is 21.8 Å². The highest BCUT2D eigenvalue weighted by Crippen LogP contribution is 2.29. The van der Waals surface area contributed by atoms with Crippen LogP contribution < -0.4 is 5.32 Å². The van der Waals surface area contributed by atoms with Gasteiger partial charge in [0, 0.05) is 21.7 Å². The van der Waals surface area contributed by atoms with E-state index < -0.39 is 15.9 Å². The molecule has 0 unspecified atom stereocenters. The highest BCUT2D eigenvalue weighted by Gasteiger charge is 2.30. The number of nitrogens with zero attached hydrogens (tertiary/aromatic N) is 1. The molecule has 0 aromatic heterocycles. The third-order valence-corrected chi connectivity index (χ3v) is 8.63. The van der Waals surface area contributed by atoms with Crippen LogP contribution in [0, 0.1) is 27.7 Å². The van der Waals surface area contributed by atoms with E-state index in [1.54, 1.807) is 38.1 Å². The lowest BCUT2D eigenvalue weighted by atomic mass is 10.1. The molecule has 0 saturated carbocycles. The summed E-state index contributed by atoms with van der Waals surface area (Å²) >= 11 is 9.52. The van der Waals surface area contributed by atoms with Gasteiger partial charge in [0.25, 0.3) is 0 Å². The van der Waals surface area contributed by atoms with Crippen LogP contribution in [0.4, 0.5) is 5.69 Å². The maximum Gasteiger partial charge on any atom is 0.244 e. The number of nitrogens with one attached hydrogen (secondary N) is 1. The van der Waals surface area contributed by atoms with E-state index in [4.69, 9.17) is 11.6 Å². The van der Waals surface area contributed by atoms with E-state index >= 15 is 0 Å². The molecule has 0 saturated heterocycles. The average molecular weight is 578 g/mol. The zero-order valence-corrected chi connectivity index (χ0v) is 23.7. The maximum atomic E-state index is 13.9. The van der Waals surface area contributed by atoms with E-state index in [2.05, 4.69) is 21.2 Å². The van der Waals surface area contributed by atoms with Crippen LogP contribution in [0.25, 0.3) is 0 Å². The largest absolute Gasteiger partial charge is 0.324 e. The minimum Gasteiger partial charge on any atom is -0.324 e. The number of aryl methyl sites for hydroxylation is 5. The van der Waals surface area contributed by atoms with Crippen molar-refractivity contribution in [3.8, 4) is 0 Å². The Kier molecular flexibility index (Phi) is 8.81. The molecule has 0 bridgehead atoms. The van der Waals surface area contributed by atoms with Crippen LogP contribution in [-0.4, -0.2) is 25.2 Å². The van der Waals surface area contributed by atoms with E-state index in [1.165, 1.54) is 4.31 Å². The summed E-state index contributed by atoms with van der Waals surface area (Å²) < 4.78 is 30.0. The molecule has 3 aromatic carbocycles. The first-order valence-corrected chi connectivity index (χ1v) is 13.9. The molecule has 8 heteroatoms. The van der Waals surface area contributed by atoms with Crippen LogP contribution in [-0.2, 0) is 27.8 Å². The molecule has 3 rings (SSSR count). The predicted molar refractivity (Wildman–Crippen MR) is 147 cm³/mol. The Balaban J connectivity index is 2.00. The zero-order valence-electron chi connectivity index (χ0n) is 20.6. The van der Waals surface area contributed by atoms with Crippen molar-refractivity contribution in [2.45, 2.75) is 52.5 Å². The van der Waals surface area contributed by atoms with Crippen LogP contribution in [0.5, 0.6) is 0 Å². The van der Waals surface area contributed by atoms with Gasteiger partial charge in [-0.1, -0.05) is 64.3 Å². The number of hydrogen-bond acceptors (Lipinski definition) is 3. The van der Waals surface area contributed by atoms with Gasteiger partial charge in [-0.2, -0.15) is 4.31 Å². The number of carbonyl (C=O) groups excluding carboxylic acids is 1. The number of carbonyl (C=O) groups is 1. The standard InChI is InChI=1S/C27H30BrClN2O3S/c1-6-22-14-23(28)13-18(3)26(22)30-25(32)16-31(15-21-7-9-24(29)10-8-21)35(33,34)27-19(4)11-17(2)12-20(27)5/h7-14H,6,15-16H2,1-5H3,(H,30,32). The Hall–Kier alpha value is -2.19. The highest BCUT2D eigenvalue weighted by atomic mass is 79.9. The molecule has 0 aliphatic rings. The van der Waals surface area contributed by atoms with Crippen LogP contribution in [0.1, 0.15) is 40.3 Å². The van der Waals surface area contributed by atoms with Gasteiger partial charge in [-0.25, -0.2) is 8.42 Å². The summed E-state index contributed by atoms with van der Waals surface area (Å²) in [5, 5.41) is 3.52. The minimum absolute atomic E-state index is 0.0413. The summed E-state index contributed by atoms with van der Waals surface area (Å²) in [7, 11) is -3.98. The number of halogens is 2. The molecule has 5 nitrogen and oxygen atoms in total. The molecule has 186 valence electrons. The van der Waals surface area contributed by atoms with Gasteiger partial charge < -0.3 is 5.32 Å². The fourth-order valence-electron chi connectivity index (χ4n) is 4.33. The monoisotopic (exact) mass is 576 g/mol. The van der Waals surface area contributed by atoms with E-state index in [9.17, 15) is 13.2 Å². The Labute approximate surface area is 221 Å². The Morgan fingerprint density at radius 3 is 2.14 bits per heavy atom. The van der Waals surface area contributed by atoms with Gasteiger partial charge in [0.05, 0.1) is 11.4 Å². The molecule has 1 amide bonds. The predicted octanol–water partition coefficient (Wildman–Crippen LogP) is 6.73. The SMILES string of the molecule is CCc1cc(Br)cc(C)c1NC(=O)CN(Cc1ccc(Cl)cc1)S(=O)(=O)c1c(C)cc(C)cc1C. The fourth-order valence-corrected chi connectivity index (χ4v) is 6.87. The van der Waals surface area contributed by atoms with Crippen molar-refractivity contribution >= 4 is 49.1 Å². The molecular formula is C27H30BrClN2O3S. The lowest BCUT2D eigenvalue weighted by Crippen LogP contribution is -2.38. The molecule has 0 aliphatic carbocycles. The third-order valence-electron chi connectivity index (χ3n) is 5.82. The molecule has 35 heavy (non-hydrogen) atoms. The average Bonchev–Trinajstić information content (AvgIpc) is 2.75. The molecular weight excluding hydrogens is 548 g/mol. The summed E-state index contributed by atoms with van der Waals surface area (Å²) in [5.41, 5.74) is 5.62. The molecule has 0 spiro atoms. The Morgan fingerprint density at radius 2 is 1.57 bits per heavy atom. The second-order valence-corrected chi connectivity index (χ2v) is 12.0. The van der Waals surface area contributed by atoms with Crippen molar-refractivity contribution in [3.05, 3.63) is 91.4 Å². The Bertz CT molecular complexity index is 1330. The van der Waals surface area contributed by atoms with Gasteiger partial charge in [0.15, 0.2) is 0 Å². The summed E-state index contributed by atoms with van der Waals surface area (Å²) in [4.78, 5) is 13.5. The first-order valence-electron chi connectivity index (χ1n) is 11.3. The van der Waals surface area contributed by atoms with Crippen molar-refractivity contribution in [1.82, 2.24) is 4.31 Å². The van der Waals surface area contributed by atoms with Gasteiger partial charge >= 0.3 is 0 Å². The van der Waals surface area contributed by atoms with Crippen LogP contribution in [0.3, 0.4) is 0 Å². The second-order valence-electron chi connectivity index (χ2n) is 8.79. The van der Waals surface area contributed by atoms with Gasteiger partial charge in [-0.3, -0.25) is 4.79 Å².